The Hall–Kier alpha value is -1.02. The van der Waals surface area contributed by atoms with Gasteiger partial charge in [0.1, 0.15) is 4.99 Å². The van der Waals surface area contributed by atoms with Gasteiger partial charge in [0.25, 0.3) is 0 Å². The fraction of sp³-hybridized carbons (Fsp3) is 0.500. The van der Waals surface area contributed by atoms with Gasteiger partial charge in [0, 0.05) is 18.2 Å². The number of likely N-dealkylation sites (N-methyl/N-ethyl adjacent to an activating group) is 1. The van der Waals surface area contributed by atoms with Gasteiger partial charge in [-0.05, 0) is 38.6 Å². The minimum absolute atomic E-state index is 0.237. The van der Waals surface area contributed by atoms with Gasteiger partial charge in [-0.1, -0.05) is 30.8 Å². The van der Waals surface area contributed by atoms with Crippen LogP contribution >= 0.6 is 12.2 Å². The van der Waals surface area contributed by atoms with Crippen molar-refractivity contribution in [3.63, 3.8) is 0 Å². The molecule has 1 aromatic rings. The van der Waals surface area contributed by atoms with Crippen molar-refractivity contribution in [3.05, 3.63) is 29.8 Å². The Bertz CT molecular complexity index is 599. The molecular formula is C14H21N3O2S2. The summed E-state index contributed by atoms with van der Waals surface area (Å²) >= 11 is 4.86. The molecule has 0 aliphatic carbocycles. The zero-order chi connectivity index (χ0) is 15.5. The highest BCUT2D eigenvalue weighted by Crippen LogP contribution is 2.16. The number of hydrogen-bond acceptors (Lipinski definition) is 4. The molecule has 1 atom stereocenters. The standard InChI is InChI=1S/C14H21N3O2S2/c1-17-9-3-2-4-12(17)10-16-21(18,19)13-7-5-11(6-8-13)14(15)20/h5-8,12,16H,2-4,9-10H2,1H3,(H2,15,20). The second-order valence-corrected chi connectivity index (χ2v) is 7.58. The number of piperidine rings is 1. The van der Waals surface area contributed by atoms with E-state index in [-0.39, 0.29) is 15.9 Å². The summed E-state index contributed by atoms with van der Waals surface area (Å²) in [6.45, 7) is 1.46. The van der Waals surface area contributed by atoms with Crippen LogP contribution in [-0.4, -0.2) is 44.5 Å². The second-order valence-electron chi connectivity index (χ2n) is 5.37. The summed E-state index contributed by atoms with van der Waals surface area (Å²) in [4.78, 5) is 2.71. The summed E-state index contributed by atoms with van der Waals surface area (Å²) in [7, 11) is -1.45. The van der Waals surface area contributed by atoms with Gasteiger partial charge in [-0.2, -0.15) is 0 Å². The Morgan fingerprint density at radius 1 is 1.38 bits per heavy atom. The Morgan fingerprint density at radius 3 is 2.62 bits per heavy atom. The van der Waals surface area contributed by atoms with E-state index in [4.69, 9.17) is 18.0 Å². The number of nitrogens with one attached hydrogen (secondary N) is 1. The third kappa shape index (κ3) is 4.23. The largest absolute Gasteiger partial charge is 0.389 e. The van der Waals surface area contributed by atoms with Crippen molar-refractivity contribution < 1.29 is 8.42 Å². The van der Waals surface area contributed by atoms with Crippen molar-refractivity contribution in [2.75, 3.05) is 20.1 Å². The third-order valence-corrected chi connectivity index (χ3v) is 5.55. The number of rotatable bonds is 5. The lowest BCUT2D eigenvalue weighted by molar-refractivity contribution is 0.187. The first-order chi connectivity index (χ1) is 9.90. The van der Waals surface area contributed by atoms with Gasteiger partial charge in [0.2, 0.25) is 10.0 Å². The van der Waals surface area contributed by atoms with Crippen molar-refractivity contribution in [2.24, 2.45) is 5.73 Å². The molecular weight excluding hydrogens is 306 g/mol. The van der Waals surface area contributed by atoms with Crippen molar-refractivity contribution in [3.8, 4) is 0 Å². The lowest BCUT2D eigenvalue weighted by atomic mass is 10.0. The number of benzene rings is 1. The third-order valence-electron chi connectivity index (χ3n) is 3.88. The molecule has 1 unspecified atom stereocenters. The minimum Gasteiger partial charge on any atom is -0.389 e. The highest BCUT2D eigenvalue weighted by atomic mass is 32.2. The number of nitrogens with zero attached hydrogens (tertiary/aromatic N) is 1. The molecule has 0 aromatic heterocycles. The SMILES string of the molecule is CN1CCCCC1CNS(=O)(=O)c1ccc(C(N)=S)cc1. The second kappa shape index (κ2) is 6.83. The molecule has 1 saturated heterocycles. The van der Waals surface area contributed by atoms with E-state index >= 15 is 0 Å². The van der Waals surface area contributed by atoms with Crippen molar-refractivity contribution >= 4 is 27.2 Å². The summed E-state index contributed by atoms with van der Waals surface area (Å²) in [6.07, 6.45) is 3.36. The maximum absolute atomic E-state index is 12.3. The predicted molar refractivity (Wildman–Crippen MR) is 87.8 cm³/mol. The van der Waals surface area contributed by atoms with Gasteiger partial charge < -0.3 is 10.6 Å². The van der Waals surface area contributed by atoms with E-state index in [1.807, 2.05) is 7.05 Å². The molecule has 0 amide bonds. The van der Waals surface area contributed by atoms with Gasteiger partial charge in [0.05, 0.1) is 4.90 Å². The number of nitrogens with two attached hydrogens (primary N) is 1. The number of sulfonamides is 1. The van der Waals surface area contributed by atoms with Gasteiger partial charge in [0.15, 0.2) is 0 Å². The zero-order valence-electron chi connectivity index (χ0n) is 12.1. The fourth-order valence-corrected chi connectivity index (χ4v) is 3.70. The van der Waals surface area contributed by atoms with E-state index in [9.17, 15) is 8.42 Å². The highest BCUT2D eigenvalue weighted by molar-refractivity contribution is 7.89. The normalized spacial score (nSPS) is 20.3. The topological polar surface area (TPSA) is 75.4 Å². The fourth-order valence-electron chi connectivity index (χ4n) is 2.49. The Kier molecular flexibility index (Phi) is 5.32. The molecule has 5 nitrogen and oxygen atoms in total. The zero-order valence-corrected chi connectivity index (χ0v) is 13.7. The molecule has 1 aromatic carbocycles. The van der Waals surface area contributed by atoms with E-state index in [2.05, 4.69) is 9.62 Å². The van der Waals surface area contributed by atoms with Crippen LogP contribution in [0.3, 0.4) is 0 Å². The Morgan fingerprint density at radius 2 is 2.05 bits per heavy atom. The first-order valence-corrected chi connectivity index (χ1v) is 8.89. The molecule has 21 heavy (non-hydrogen) atoms. The molecule has 116 valence electrons. The van der Waals surface area contributed by atoms with Crippen LogP contribution in [0.25, 0.3) is 0 Å². The molecule has 0 bridgehead atoms. The predicted octanol–water partition coefficient (Wildman–Crippen LogP) is 1.08. The number of hydrogen-bond donors (Lipinski definition) is 2. The summed E-state index contributed by atoms with van der Waals surface area (Å²) in [5, 5.41) is 0. The molecule has 2 rings (SSSR count). The lowest BCUT2D eigenvalue weighted by Gasteiger charge is -2.32. The van der Waals surface area contributed by atoms with Gasteiger partial charge in [-0.15, -0.1) is 0 Å². The number of thiocarbonyl (C=S) groups is 1. The van der Waals surface area contributed by atoms with Crippen LogP contribution in [0.15, 0.2) is 29.2 Å². The summed E-state index contributed by atoms with van der Waals surface area (Å²) in [5.74, 6) is 0. The van der Waals surface area contributed by atoms with E-state index < -0.39 is 10.0 Å². The summed E-state index contributed by atoms with van der Waals surface area (Å²) < 4.78 is 27.2. The average Bonchev–Trinajstić information content (AvgIpc) is 2.46. The monoisotopic (exact) mass is 327 g/mol. The summed E-state index contributed by atoms with van der Waals surface area (Å²) in [6, 6.07) is 6.58. The molecule has 0 spiro atoms. The van der Waals surface area contributed by atoms with E-state index in [0.717, 1.165) is 19.4 Å². The molecule has 7 heteroatoms. The van der Waals surface area contributed by atoms with Crippen molar-refractivity contribution in [1.29, 1.82) is 0 Å². The quantitative estimate of drug-likeness (QED) is 0.792. The molecule has 3 N–H and O–H groups in total. The maximum Gasteiger partial charge on any atom is 0.240 e. The molecule has 1 aliphatic rings. The minimum atomic E-state index is -3.49. The molecule has 0 radical (unpaired) electrons. The lowest BCUT2D eigenvalue weighted by Crippen LogP contribution is -2.44. The van der Waals surface area contributed by atoms with E-state index in [1.165, 1.54) is 18.6 Å². The van der Waals surface area contributed by atoms with Crippen LogP contribution in [0.4, 0.5) is 0 Å². The number of likely N-dealkylation sites (tertiary alicyclic amines) is 1. The maximum atomic E-state index is 12.3. The van der Waals surface area contributed by atoms with Crippen LogP contribution < -0.4 is 10.5 Å². The summed E-state index contributed by atoms with van der Waals surface area (Å²) in [5.41, 5.74) is 6.17. The smallest absolute Gasteiger partial charge is 0.240 e. The van der Waals surface area contributed by atoms with Crippen molar-refractivity contribution in [2.45, 2.75) is 30.2 Å². The van der Waals surface area contributed by atoms with E-state index in [1.54, 1.807) is 12.1 Å². The molecule has 1 heterocycles. The van der Waals surface area contributed by atoms with Crippen LogP contribution in [-0.2, 0) is 10.0 Å². The highest BCUT2D eigenvalue weighted by Gasteiger charge is 2.22. The average molecular weight is 327 g/mol. The van der Waals surface area contributed by atoms with Crippen LogP contribution in [0, 0.1) is 0 Å². The molecule has 1 aliphatic heterocycles. The Balaban J connectivity index is 2.02. The van der Waals surface area contributed by atoms with Gasteiger partial charge in [-0.25, -0.2) is 13.1 Å². The van der Waals surface area contributed by atoms with Crippen LogP contribution in [0.1, 0.15) is 24.8 Å². The Labute approximate surface area is 131 Å². The van der Waals surface area contributed by atoms with Gasteiger partial charge in [-0.3, -0.25) is 0 Å². The van der Waals surface area contributed by atoms with E-state index in [0.29, 0.717) is 12.1 Å². The first kappa shape index (κ1) is 16.4. The van der Waals surface area contributed by atoms with Crippen LogP contribution in [0.2, 0.25) is 0 Å². The molecule has 0 saturated carbocycles. The molecule has 1 fully saturated rings. The van der Waals surface area contributed by atoms with Crippen molar-refractivity contribution in [1.82, 2.24) is 9.62 Å². The van der Waals surface area contributed by atoms with Gasteiger partial charge >= 0.3 is 0 Å². The van der Waals surface area contributed by atoms with Crippen LogP contribution in [0.5, 0.6) is 0 Å². The first-order valence-electron chi connectivity index (χ1n) is 7.00.